The third-order valence-corrected chi connectivity index (χ3v) is 7.41. The van der Waals surface area contributed by atoms with Crippen molar-refractivity contribution < 1.29 is 14.4 Å². The van der Waals surface area contributed by atoms with Crippen LogP contribution in [-0.4, -0.2) is 75.0 Å². The molecule has 5 rings (SSSR count). The summed E-state index contributed by atoms with van der Waals surface area (Å²) in [6.07, 6.45) is 4.64. The molecular formula is C28H35Cl2N7O3. The van der Waals surface area contributed by atoms with Gasteiger partial charge >= 0.3 is 0 Å². The molecule has 1 fully saturated rings. The summed E-state index contributed by atoms with van der Waals surface area (Å²) in [5, 5.41) is 9.76. The molecule has 0 saturated carbocycles. The van der Waals surface area contributed by atoms with Gasteiger partial charge in [0.25, 0.3) is 5.91 Å². The smallest absolute Gasteiger partial charge is 0.256 e. The van der Waals surface area contributed by atoms with E-state index in [1.165, 1.54) is 5.01 Å². The number of hydrazone groups is 1. The van der Waals surface area contributed by atoms with Crippen molar-refractivity contribution in [2.45, 2.75) is 44.7 Å². The number of para-hydroxylation sites is 1. The number of fused-ring (bicyclic) bond motifs is 2. The average molecular weight is 589 g/mol. The summed E-state index contributed by atoms with van der Waals surface area (Å²) in [4.78, 5) is 49.8. The number of aromatic nitrogens is 2. The van der Waals surface area contributed by atoms with Gasteiger partial charge in [0.05, 0.1) is 11.3 Å². The lowest BCUT2D eigenvalue weighted by molar-refractivity contribution is -0.142. The molecule has 10 nitrogen and oxygen atoms in total. The number of likely N-dealkylation sites (tertiary alicyclic amines) is 1. The zero-order valence-electron chi connectivity index (χ0n) is 22.7. The van der Waals surface area contributed by atoms with Gasteiger partial charge in [-0.05, 0) is 37.6 Å². The molecule has 12 heteroatoms. The van der Waals surface area contributed by atoms with E-state index in [-0.39, 0.29) is 49.6 Å². The molecule has 0 bridgehead atoms. The number of aromatic amines is 1. The SMILES string of the molecule is CN1N=C2CCN(C(=O)[C@@H](Cc3c[nH]c4ccccc34)NC(=O)C(C)(C)N)CC2(Cc2ccccn2)C1=O.Cl.Cl. The molecule has 0 spiro atoms. The number of carbonyl (C=O) groups excluding carboxylic acids is 3. The maximum absolute atomic E-state index is 14.1. The summed E-state index contributed by atoms with van der Waals surface area (Å²) in [5.41, 5.74) is 7.30. The lowest BCUT2D eigenvalue weighted by atomic mass is 9.74. The van der Waals surface area contributed by atoms with Gasteiger partial charge in [-0.3, -0.25) is 19.4 Å². The monoisotopic (exact) mass is 587 g/mol. The topological polar surface area (TPSA) is 137 Å². The number of amides is 3. The zero-order chi connectivity index (χ0) is 27.1. The summed E-state index contributed by atoms with van der Waals surface area (Å²) in [6, 6.07) is 12.5. The molecule has 0 aliphatic carbocycles. The summed E-state index contributed by atoms with van der Waals surface area (Å²) in [6.45, 7) is 3.77. The molecule has 2 aromatic heterocycles. The first kappa shape index (κ1) is 31.1. The van der Waals surface area contributed by atoms with Crippen LogP contribution in [-0.2, 0) is 27.2 Å². The summed E-state index contributed by atoms with van der Waals surface area (Å²) in [7, 11) is 1.64. The van der Waals surface area contributed by atoms with Gasteiger partial charge in [-0.15, -0.1) is 24.8 Å². The number of nitrogens with one attached hydrogen (secondary N) is 2. The van der Waals surface area contributed by atoms with Crippen molar-refractivity contribution in [3.8, 4) is 0 Å². The number of hydrogen-bond acceptors (Lipinski definition) is 6. The summed E-state index contributed by atoms with van der Waals surface area (Å²) in [5.74, 6) is -0.833. The summed E-state index contributed by atoms with van der Waals surface area (Å²) < 4.78 is 0. The third-order valence-electron chi connectivity index (χ3n) is 7.41. The fourth-order valence-electron chi connectivity index (χ4n) is 5.37. The van der Waals surface area contributed by atoms with Gasteiger partial charge in [-0.25, -0.2) is 5.01 Å². The number of pyridine rings is 1. The molecule has 4 N–H and O–H groups in total. The molecule has 2 aliphatic rings. The van der Waals surface area contributed by atoms with Gasteiger partial charge < -0.3 is 20.9 Å². The molecule has 214 valence electrons. The lowest BCUT2D eigenvalue weighted by Crippen LogP contribution is -2.61. The second-order valence-electron chi connectivity index (χ2n) is 10.8. The van der Waals surface area contributed by atoms with Crippen molar-refractivity contribution in [1.29, 1.82) is 0 Å². The molecule has 4 heterocycles. The second-order valence-corrected chi connectivity index (χ2v) is 10.8. The van der Waals surface area contributed by atoms with Crippen molar-refractivity contribution in [2.75, 3.05) is 20.1 Å². The Balaban J connectivity index is 0.00000220. The number of halogens is 2. The Labute approximate surface area is 245 Å². The van der Waals surface area contributed by atoms with Crippen LogP contribution in [0.2, 0.25) is 0 Å². The molecular weight excluding hydrogens is 553 g/mol. The number of nitrogens with two attached hydrogens (primary N) is 1. The van der Waals surface area contributed by atoms with E-state index in [9.17, 15) is 14.4 Å². The Hall–Kier alpha value is -3.47. The van der Waals surface area contributed by atoms with Gasteiger partial charge in [-0.1, -0.05) is 24.3 Å². The minimum absolute atomic E-state index is 0. The normalized spacial score (nSPS) is 19.3. The highest BCUT2D eigenvalue weighted by molar-refractivity contribution is 6.13. The maximum Gasteiger partial charge on any atom is 0.256 e. The number of H-pyrrole nitrogens is 1. The second kappa shape index (κ2) is 12.0. The molecule has 1 aromatic carbocycles. The van der Waals surface area contributed by atoms with E-state index >= 15 is 0 Å². The van der Waals surface area contributed by atoms with Gasteiger partial charge in [0.15, 0.2) is 0 Å². The quantitative estimate of drug-likeness (QED) is 0.390. The number of carbonyl (C=O) groups is 3. The van der Waals surface area contributed by atoms with Crippen molar-refractivity contribution in [3.05, 3.63) is 66.1 Å². The third kappa shape index (κ3) is 5.84. The molecule has 3 amide bonds. The number of hydrogen-bond donors (Lipinski definition) is 3. The number of benzene rings is 1. The Morgan fingerprint density at radius 3 is 2.60 bits per heavy atom. The average Bonchev–Trinajstić information content (AvgIpc) is 3.41. The Morgan fingerprint density at radius 2 is 1.90 bits per heavy atom. The number of nitrogens with zero attached hydrogens (tertiary/aromatic N) is 4. The van der Waals surface area contributed by atoms with E-state index in [4.69, 9.17) is 5.73 Å². The summed E-state index contributed by atoms with van der Waals surface area (Å²) >= 11 is 0. The molecule has 2 atom stereocenters. The first-order valence-electron chi connectivity index (χ1n) is 12.8. The first-order valence-corrected chi connectivity index (χ1v) is 12.8. The van der Waals surface area contributed by atoms with E-state index in [1.807, 2.05) is 48.7 Å². The highest BCUT2D eigenvalue weighted by Gasteiger charge is 2.54. The van der Waals surface area contributed by atoms with Crippen LogP contribution in [0.5, 0.6) is 0 Å². The molecule has 1 unspecified atom stereocenters. The van der Waals surface area contributed by atoms with Crippen LogP contribution in [0.1, 0.15) is 31.5 Å². The van der Waals surface area contributed by atoms with Crippen molar-refractivity contribution >= 4 is 59.2 Å². The van der Waals surface area contributed by atoms with E-state index in [0.717, 1.165) is 27.9 Å². The predicted molar refractivity (Wildman–Crippen MR) is 158 cm³/mol. The van der Waals surface area contributed by atoms with E-state index in [0.29, 0.717) is 19.4 Å². The maximum atomic E-state index is 14.1. The van der Waals surface area contributed by atoms with Crippen LogP contribution in [0.25, 0.3) is 10.9 Å². The van der Waals surface area contributed by atoms with Crippen LogP contribution in [0, 0.1) is 5.41 Å². The molecule has 3 aromatic rings. The van der Waals surface area contributed by atoms with Gasteiger partial charge in [0.2, 0.25) is 11.8 Å². The highest BCUT2D eigenvalue weighted by atomic mass is 35.5. The van der Waals surface area contributed by atoms with Crippen LogP contribution in [0.15, 0.2) is 60.0 Å². The van der Waals surface area contributed by atoms with Crippen LogP contribution < -0.4 is 11.1 Å². The van der Waals surface area contributed by atoms with Gasteiger partial charge in [0, 0.05) is 68.4 Å². The number of rotatable bonds is 7. The molecule has 40 heavy (non-hydrogen) atoms. The van der Waals surface area contributed by atoms with Crippen LogP contribution in [0.4, 0.5) is 0 Å². The Bertz CT molecular complexity index is 1420. The van der Waals surface area contributed by atoms with Crippen molar-refractivity contribution in [1.82, 2.24) is 25.2 Å². The fraction of sp³-hybridized carbons (Fsp3) is 0.393. The molecule has 2 aliphatic heterocycles. The van der Waals surface area contributed by atoms with E-state index in [1.54, 1.807) is 32.0 Å². The van der Waals surface area contributed by atoms with Crippen molar-refractivity contribution in [3.63, 3.8) is 0 Å². The standard InChI is InChI=1S/C28H33N7O3.2ClH/c1-27(2,29)25(37)32-22(14-18-16-31-21-10-5-4-9-20(18)21)24(36)35-13-11-23-28(17-35,26(38)34(3)33-23)15-19-8-6-7-12-30-19;;/h4-10,12,16,22,31H,11,13-15,17,29H2,1-3H3,(H,32,37);2*1H/t22-,28?;;/m1../s1. The van der Waals surface area contributed by atoms with Gasteiger partial charge in [-0.2, -0.15) is 5.10 Å². The Morgan fingerprint density at radius 1 is 1.18 bits per heavy atom. The molecule has 1 saturated heterocycles. The largest absolute Gasteiger partial charge is 0.361 e. The molecule has 0 radical (unpaired) electrons. The predicted octanol–water partition coefficient (Wildman–Crippen LogP) is 2.46. The van der Waals surface area contributed by atoms with Crippen molar-refractivity contribution in [2.24, 2.45) is 16.3 Å². The minimum Gasteiger partial charge on any atom is -0.361 e. The Kier molecular flexibility index (Phi) is 9.28. The van der Waals surface area contributed by atoms with E-state index in [2.05, 4.69) is 20.4 Å². The van der Waals surface area contributed by atoms with Gasteiger partial charge in [0.1, 0.15) is 11.5 Å². The minimum atomic E-state index is -1.16. The lowest BCUT2D eigenvalue weighted by Gasteiger charge is -2.40. The van der Waals surface area contributed by atoms with Crippen LogP contribution in [0.3, 0.4) is 0 Å². The van der Waals surface area contributed by atoms with E-state index < -0.39 is 22.9 Å². The highest BCUT2D eigenvalue weighted by Crippen LogP contribution is 2.38. The fourth-order valence-corrected chi connectivity index (χ4v) is 5.37. The number of piperidine rings is 1. The van der Waals surface area contributed by atoms with Crippen LogP contribution >= 0.6 is 24.8 Å². The first-order chi connectivity index (χ1) is 18.1. The zero-order valence-corrected chi connectivity index (χ0v) is 24.3.